The van der Waals surface area contributed by atoms with Crippen molar-refractivity contribution < 1.29 is 80.5 Å². The summed E-state index contributed by atoms with van der Waals surface area (Å²) >= 11 is 1.15. The van der Waals surface area contributed by atoms with Gasteiger partial charge in [-0.2, -0.15) is 4.31 Å². The molecule has 77 heavy (non-hydrogen) atoms. The van der Waals surface area contributed by atoms with Crippen LogP contribution in [0.15, 0.2) is 73.4 Å². The molecular formula is C49H80N7O17P3S. The fourth-order valence-corrected chi connectivity index (χ4v) is 11.1. The van der Waals surface area contributed by atoms with E-state index in [1.807, 2.05) is 0 Å². The van der Waals surface area contributed by atoms with Crippen molar-refractivity contribution >= 4 is 69.1 Å². The number of amides is 2. The number of phosphoric acid groups is 3. The summed E-state index contributed by atoms with van der Waals surface area (Å²) in [6.45, 7) is 2.70. The summed E-state index contributed by atoms with van der Waals surface area (Å²) < 4.78 is 62.6. The maximum Gasteiger partial charge on any atom is 0.481 e. The van der Waals surface area contributed by atoms with Crippen LogP contribution in [0.5, 0.6) is 0 Å². The van der Waals surface area contributed by atoms with Gasteiger partial charge in [-0.1, -0.05) is 138 Å². The minimum atomic E-state index is -5.58. The smallest absolute Gasteiger partial charge is 0.386 e. The normalized spacial score (nSPS) is 19.5. The molecule has 3 rings (SSSR count). The summed E-state index contributed by atoms with van der Waals surface area (Å²) in [6, 6.07) is 0. The van der Waals surface area contributed by atoms with E-state index in [0.717, 1.165) is 93.2 Å². The van der Waals surface area contributed by atoms with E-state index in [1.54, 1.807) is 0 Å². The van der Waals surface area contributed by atoms with Crippen LogP contribution in [0, 0.1) is 5.41 Å². The zero-order valence-corrected chi connectivity index (χ0v) is 47.7. The Morgan fingerprint density at radius 1 is 0.792 bits per heavy atom. The molecule has 2 unspecified atom stereocenters. The number of aliphatic hydroxyl groups is 2. The third kappa shape index (κ3) is 27.8. The number of hydrogen-bond acceptors (Lipinski definition) is 18. The molecule has 0 spiro atoms. The van der Waals surface area contributed by atoms with Crippen LogP contribution in [0.2, 0.25) is 0 Å². The zero-order valence-electron chi connectivity index (χ0n) is 44.2. The van der Waals surface area contributed by atoms with Crippen molar-refractivity contribution in [2.75, 3.05) is 37.8 Å². The van der Waals surface area contributed by atoms with E-state index >= 15 is 0 Å². The summed E-state index contributed by atoms with van der Waals surface area (Å²) in [5.74, 6) is -1.04. The van der Waals surface area contributed by atoms with E-state index in [9.17, 15) is 57.9 Å². The van der Waals surface area contributed by atoms with Crippen molar-refractivity contribution in [1.82, 2.24) is 30.2 Å². The summed E-state index contributed by atoms with van der Waals surface area (Å²) in [4.78, 5) is 88.7. The number of imidazole rings is 1. The molecule has 28 heteroatoms. The number of nitrogens with two attached hydrogens (primary N) is 1. The van der Waals surface area contributed by atoms with Gasteiger partial charge in [0, 0.05) is 37.1 Å². The molecule has 1 aliphatic heterocycles. The summed E-state index contributed by atoms with van der Waals surface area (Å²) in [6.07, 6.45) is 32.1. The van der Waals surface area contributed by atoms with Crippen molar-refractivity contribution in [2.45, 2.75) is 161 Å². The van der Waals surface area contributed by atoms with Gasteiger partial charge in [0.15, 0.2) is 22.8 Å². The largest absolute Gasteiger partial charge is 0.481 e. The average Bonchev–Trinajstić information content (AvgIpc) is 3.96. The molecule has 0 aromatic carbocycles. The lowest BCUT2D eigenvalue weighted by Crippen LogP contribution is -2.46. The minimum Gasteiger partial charge on any atom is -0.386 e. The van der Waals surface area contributed by atoms with Gasteiger partial charge in [0.1, 0.15) is 36.3 Å². The standard InChI is InChI=1S/C49H80N7O17P3S/c1-4-5-6-7-8-9-10-11-12-13-14-15-16-17-18-19-20-21-22-23-24-25-26-27-28-29-40(58)77-33-32-51-39(57)30-31-52-47(61)44(60)49(2,3)35-70-76(67,68)73-75(65,66)69-34-38-43(72-74(62,63)64)42(59)48(71-38)56-37-55-41-45(50)53-36-54-46(41)56/h5-6,8-9,11-12,14-15,17-18,36-38,42-44,48,59-60H,4,7,10,13,16,19-35H2,1-3H3,(H,51,57)(H,52,61)(H,65,66)(H,67,68)(H2,50,53,54)(H2,62,63,64)/b6-5-,9-8-,12-11-,15-14-,18-17-/t38-,42-,43-,44+,48-/m1/s1. The molecule has 3 heterocycles. The number of aromatic nitrogens is 4. The zero-order chi connectivity index (χ0) is 56.7. The Bertz CT molecular complexity index is 2420. The quantitative estimate of drug-likeness (QED) is 0.0175. The van der Waals surface area contributed by atoms with Crippen molar-refractivity contribution in [1.29, 1.82) is 0 Å². The number of aliphatic hydroxyl groups excluding tert-OH is 2. The first-order chi connectivity index (χ1) is 36.6. The average molecular weight is 1160 g/mol. The van der Waals surface area contributed by atoms with Crippen LogP contribution >= 0.6 is 35.2 Å². The Labute approximate surface area is 455 Å². The van der Waals surface area contributed by atoms with Gasteiger partial charge in [-0.15, -0.1) is 0 Å². The maximum atomic E-state index is 12.8. The Balaban J connectivity index is 1.21. The number of carbonyl (C=O) groups excluding carboxylic acids is 3. The van der Waals surface area contributed by atoms with Gasteiger partial charge in [-0.25, -0.2) is 28.6 Å². The molecular weight excluding hydrogens is 1080 g/mol. The van der Waals surface area contributed by atoms with Crippen LogP contribution < -0.4 is 16.4 Å². The lowest BCUT2D eigenvalue weighted by atomic mass is 9.87. The topological polar surface area (TPSA) is 364 Å². The van der Waals surface area contributed by atoms with Crippen molar-refractivity contribution in [3.05, 3.63) is 73.4 Å². The fraction of sp³-hybridized carbons (Fsp3) is 0.633. The van der Waals surface area contributed by atoms with Crippen LogP contribution in [-0.2, 0) is 50.7 Å². The lowest BCUT2D eigenvalue weighted by Gasteiger charge is -2.30. The molecule has 2 amide bonds. The van der Waals surface area contributed by atoms with Crippen LogP contribution in [-0.4, -0.2) is 123 Å². The number of allylic oxidation sites excluding steroid dienone is 10. The summed E-state index contributed by atoms with van der Waals surface area (Å²) in [5, 5.41) is 26.7. The highest BCUT2D eigenvalue weighted by atomic mass is 32.2. The van der Waals surface area contributed by atoms with Crippen LogP contribution in [0.1, 0.15) is 136 Å². The SMILES string of the molecule is CC/C=C\C/C=C\C/C=C\C/C=C\C/C=C\CCCCCCCCCCCC(=O)SCCNC(=O)CCNC(=O)[C@H](O)C(C)(C)COP(=O)(O)OP(=O)(O)OC[C@H]1O[C@@H](n2cnc3c(N)ncnc32)[C@H](O)[C@@H]1OP(=O)(O)O. The van der Waals surface area contributed by atoms with Crippen LogP contribution in [0.4, 0.5) is 5.82 Å². The molecule has 24 nitrogen and oxygen atoms in total. The van der Waals surface area contributed by atoms with Gasteiger partial charge < -0.3 is 50.9 Å². The molecule has 10 N–H and O–H groups in total. The number of carbonyl (C=O) groups is 3. The lowest BCUT2D eigenvalue weighted by molar-refractivity contribution is -0.137. The molecule has 0 saturated carbocycles. The minimum absolute atomic E-state index is 0.0320. The predicted molar refractivity (Wildman–Crippen MR) is 292 cm³/mol. The number of rotatable bonds is 40. The monoisotopic (exact) mass is 1160 g/mol. The molecule has 0 radical (unpaired) electrons. The second-order valence-corrected chi connectivity index (χ2v) is 24.1. The van der Waals surface area contributed by atoms with Gasteiger partial charge in [0.05, 0.1) is 19.5 Å². The Hall–Kier alpha value is -3.74. The third-order valence-electron chi connectivity index (χ3n) is 11.7. The molecule has 2 aromatic rings. The van der Waals surface area contributed by atoms with Crippen molar-refractivity contribution in [3.63, 3.8) is 0 Å². The highest BCUT2D eigenvalue weighted by molar-refractivity contribution is 8.13. The number of fused-ring (bicyclic) bond motifs is 1. The molecule has 0 bridgehead atoms. The Kier molecular flexibility index (Phi) is 31.4. The van der Waals surface area contributed by atoms with Gasteiger partial charge >= 0.3 is 23.5 Å². The van der Waals surface area contributed by atoms with Gasteiger partial charge in [0.2, 0.25) is 11.8 Å². The highest BCUT2D eigenvalue weighted by Gasteiger charge is 2.50. The van der Waals surface area contributed by atoms with Gasteiger partial charge in [0.25, 0.3) is 0 Å². The van der Waals surface area contributed by atoms with E-state index in [2.05, 4.69) is 102 Å². The summed E-state index contributed by atoms with van der Waals surface area (Å²) in [7, 11) is -16.4. The number of phosphoric ester groups is 3. The molecule has 1 fully saturated rings. The van der Waals surface area contributed by atoms with E-state index in [1.165, 1.54) is 46.0 Å². The van der Waals surface area contributed by atoms with Crippen LogP contribution in [0.25, 0.3) is 11.2 Å². The highest BCUT2D eigenvalue weighted by Crippen LogP contribution is 2.61. The molecule has 434 valence electrons. The number of thioether (sulfide) groups is 1. The predicted octanol–water partition coefficient (Wildman–Crippen LogP) is 7.71. The maximum absolute atomic E-state index is 12.8. The molecule has 2 aromatic heterocycles. The third-order valence-corrected chi connectivity index (χ3v) is 15.7. The molecule has 0 aliphatic carbocycles. The van der Waals surface area contributed by atoms with E-state index < -0.39 is 84.6 Å². The molecule has 7 atom stereocenters. The number of nitrogens with zero attached hydrogens (tertiary/aromatic N) is 4. The van der Waals surface area contributed by atoms with Crippen molar-refractivity contribution in [3.8, 4) is 0 Å². The second-order valence-electron chi connectivity index (χ2n) is 18.7. The fourth-order valence-electron chi connectivity index (χ4n) is 7.50. The second kappa shape index (κ2) is 35.8. The van der Waals surface area contributed by atoms with Gasteiger partial charge in [-0.05, 0) is 51.4 Å². The Morgan fingerprint density at radius 3 is 1.97 bits per heavy atom. The van der Waals surface area contributed by atoms with Crippen molar-refractivity contribution in [2.24, 2.45) is 5.41 Å². The van der Waals surface area contributed by atoms with Gasteiger partial charge in [-0.3, -0.25) is 32.5 Å². The summed E-state index contributed by atoms with van der Waals surface area (Å²) in [5.41, 5.74) is 4.29. The first-order valence-corrected chi connectivity index (χ1v) is 31.4. The number of hydrogen-bond donors (Lipinski definition) is 9. The Morgan fingerprint density at radius 2 is 1.36 bits per heavy atom. The number of nitrogens with one attached hydrogen (secondary N) is 2. The van der Waals surface area contributed by atoms with E-state index in [0.29, 0.717) is 12.2 Å². The van der Waals surface area contributed by atoms with Crippen LogP contribution in [0.3, 0.4) is 0 Å². The van der Waals surface area contributed by atoms with E-state index in [4.69, 9.17) is 19.5 Å². The molecule has 1 aliphatic rings. The number of unbranched alkanes of at least 4 members (excludes halogenated alkanes) is 9. The van der Waals surface area contributed by atoms with E-state index in [-0.39, 0.29) is 41.6 Å². The molecule has 1 saturated heterocycles. The first-order valence-electron chi connectivity index (χ1n) is 25.9. The first kappa shape index (κ1) is 67.5. The number of anilines is 1. The number of nitrogen functional groups attached to an aromatic ring is 1. The number of ether oxygens (including phenoxy) is 1.